The van der Waals surface area contributed by atoms with Gasteiger partial charge in [0.15, 0.2) is 11.2 Å². The lowest BCUT2D eigenvalue weighted by atomic mass is 9.86. The van der Waals surface area contributed by atoms with Crippen molar-refractivity contribution in [1.82, 2.24) is 0 Å². The second kappa shape index (κ2) is 8.38. The number of methoxy groups -OCH3 is 3. The molecule has 0 saturated heterocycles. The number of carbonyl (C=O) groups excluding carboxylic acids is 3. The summed E-state index contributed by atoms with van der Waals surface area (Å²) >= 11 is 0. The lowest BCUT2D eigenvalue weighted by Crippen LogP contribution is -2.36. The maximum Gasteiger partial charge on any atom is 0.324 e. The Kier molecular flexibility index (Phi) is 6.02. The summed E-state index contributed by atoms with van der Waals surface area (Å²) in [5.74, 6) is -1.90. The molecule has 0 amide bonds. The van der Waals surface area contributed by atoms with Gasteiger partial charge in [0.2, 0.25) is 0 Å². The molecule has 2 aromatic rings. The molecule has 0 unspecified atom stereocenters. The second-order valence-electron chi connectivity index (χ2n) is 7.80. The van der Waals surface area contributed by atoms with Gasteiger partial charge in [-0.1, -0.05) is 54.1 Å². The van der Waals surface area contributed by atoms with E-state index in [0.29, 0.717) is 11.3 Å². The summed E-state index contributed by atoms with van der Waals surface area (Å²) in [5.41, 5.74) is -0.833. The molecule has 0 spiro atoms. The van der Waals surface area contributed by atoms with Gasteiger partial charge in [-0.05, 0) is 31.5 Å². The number of ketones is 1. The Bertz CT molecular complexity index is 1000. The largest absolute Gasteiger partial charge is 0.497 e. The third-order valence-electron chi connectivity index (χ3n) is 6.22. The van der Waals surface area contributed by atoms with Crippen LogP contribution in [0.2, 0.25) is 0 Å². The zero-order valence-electron chi connectivity index (χ0n) is 18.3. The first-order valence-electron chi connectivity index (χ1n) is 9.87. The summed E-state index contributed by atoms with van der Waals surface area (Å²) in [5, 5.41) is 0. The third kappa shape index (κ3) is 3.42. The Morgan fingerprint density at radius 3 is 1.90 bits per heavy atom. The van der Waals surface area contributed by atoms with E-state index in [-0.39, 0.29) is 5.78 Å². The normalized spacial score (nSPS) is 21.4. The SMILES string of the molecule is COC(=O)C1(C(=O)OC)[C@@H](/C=C/c2ccc(OC)cc2)[C@@]1(C)C(=O)c1ccc(C)cc1. The minimum atomic E-state index is -1.75. The molecule has 162 valence electrons. The topological polar surface area (TPSA) is 78.9 Å². The lowest BCUT2D eigenvalue weighted by molar-refractivity contribution is -0.163. The zero-order chi connectivity index (χ0) is 22.8. The molecule has 2 aromatic carbocycles. The molecule has 3 rings (SSSR count). The van der Waals surface area contributed by atoms with Crippen LogP contribution < -0.4 is 4.74 Å². The van der Waals surface area contributed by atoms with E-state index in [1.807, 2.05) is 31.2 Å². The van der Waals surface area contributed by atoms with Crippen LogP contribution in [0.25, 0.3) is 6.08 Å². The van der Waals surface area contributed by atoms with E-state index in [4.69, 9.17) is 14.2 Å². The van der Waals surface area contributed by atoms with Crippen molar-refractivity contribution in [2.45, 2.75) is 13.8 Å². The van der Waals surface area contributed by atoms with Crippen LogP contribution in [0.5, 0.6) is 5.75 Å². The van der Waals surface area contributed by atoms with Crippen molar-refractivity contribution in [2.75, 3.05) is 21.3 Å². The van der Waals surface area contributed by atoms with Gasteiger partial charge in [-0.3, -0.25) is 14.4 Å². The van der Waals surface area contributed by atoms with E-state index in [0.717, 1.165) is 11.1 Å². The molecule has 0 heterocycles. The molecule has 1 fully saturated rings. The van der Waals surface area contributed by atoms with Gasteiger partial charge in [0.1, 0.15) is 5.75 Å². The van der Waals surface area contributed by atoms with Crippen LogP contribution in [0.1, 0.15) is 28.4 Å². The number of esters is 2. The van der Waals surface area contributed by atoms with Crippen LogP contribution in [0, 0.1) is 23.7 Å². The maximum atomic E-state index is 13.5. The molecule has 0 radical (unpaired) electrons. The fraction of sp³-hybridized carbons (Fsp3) is 0.320. The predicted octanol–water partition coefficient (Wildman–Crippen LogP) is 3.87. The molecule has 0 N–H and O–H groups in total. The van der Waals surface area contributed by atoms with E-state index in [1.54, 1.807) is 50.5 Å². The molecule has 6 nitrogen and oxygen atoms in total. The molecular formula is C25H26O6. The monoisotopic (exact) mass is 422 g/mol. The Morgan fingerprint density at radius 1 is 0.871 bits per heavy atom. The Hall–Kier alpha value is -3.41. The van der Waals surface area contributed by atoms with Crippen LogP contribution in [0.4, 0.5) is 0 Å². The van der Waals surface area contributed by atoms with Crippen molar-refractivity contribution in [3.05, 3.63) is 71.3 Å². The summed E-state index contributed by atoms with van der Waals surface area (Å²) in [6.07, 6.45) is 3.49. The number of hydrogen-bond donors (Lipinski definition) is 0. The first kappa shape index (κ1) is 22.3. The first-order chi connectivity index (χ1) is 14.8. The van der Waals surface area contributed by atoms with Gasteiger partial charge >= 0.3 is 11.9 Å². The fourth-order valence-corrected chi connectivity index (χ4v) is 4.32. The van der Waals surface area contributed by atoms with E-state index < -0.39 is 28.7 Å². The minimum absolute atomic E-state index is 0.312. The van der Waals surface area contributed by atoms with E-state index in [9.17, 15) is 14.4 Å². The van der Waals surface area contributed by atoms with E-state index >= 15 is 0 Å². The standard InChI is InChI=1S/C25H26O6/c1-16-6-11-18(12-7-16)21(26)24(2)20(25(24,22(27)30-4)23(28)31-5)15-10-17-8-13-19(29-3)14-9-17/h6-15,20H,1-5H3/b15-10+/t20-,24-/m0/s1. The van der Waals surface area contributed by atoms with Crippen molar-refractivity contribution < 1.29 is 28.6 Å². The molecule has 0 aliphatic heterocycles. The summed E-state index contributed by atoms with van der Waals surface area (Å²) in [6, 6.07) is 14.3. The Morgan fingerprint density at radius 2 is 1.42 bits per heavy atom. The van der Waals surface area contributed by atoms with Crippen molar-refractivity contribution >= 4 is 23.8 Å². The molecule has 31 heavy (non-hydrogen) atoms. The van der Waals surface area contributed by atoms with Crippen LogP contribution in [0.15, 0.2) is 54.6 Å². The van der Waals surface area contributed by atoms with Gasteiger partial charge in [-0.25, -0.2) is 0 Å². The van der Waals surface area contributed by atoms with Crippen molar-refractivity contribution in [3.8, 4) is 5.75 Å². The van der Waals surface area contributed by atoms with Gasteiger partial charge in [0.25, 0.3) is 0 Å². The highest BCUT2D eigenvalue weighted by Gasteiger charge is 2.86. The van der Waals surface area contributed by atoms with Crippen LogP contribution >= 0.6 is 0 Å². The van der Waals surface area contributed by atoms with Crippen molar-refractivity contribution in [3.63, 3.8) is 0 Å². The second-order valence-corrected chi connectivity index (χ2v) is 7.80. The molecule has 0 aromatic heterocycles. The van der Waals surface area contributed by atoms with Gasteiger partial charge in [-0.2, -0.15) is 0 Å². The van der Waals surface area contributed by atoms with E-state index in [1.165, 1.54) is 14.2 Å². The third-order valence-corrected chi connectivity index (χ3v) is 6.22. The highest BCUT2D eigenvalue weighted by molar-refractivity contribution is 6.17. The molecule has 6 heteroatoms. The van der Waals surface area contributed by atoms with Gasteiger partial charge in [-0.15, -0.1) is 0 Å². The number of hydrogen-bond acceptors (Lipinski definition) is 6. The highest BCUT2D eigenvalue weighted by atomic mass is 16.5. The molecule has 0 bridgehead atoms. The molecule has 1 aliphatic carbocycles. The molecule has 1 saturated carbocycles. The van der Waals surface area contributed by atoms with Gasteiger partial charge < -0.3 is 14.2 Å². The minimum Gasteiger partial charge on any atom is -0.497 e. The summed E-state index contributed by atoms with van der Waals surface area (Å²) in [4.78, 5) is 39.3. The quantitative estimate of drug-likeness (QED) is 0.383. The number of ether oxygens (including phenoxy) is 3. The number of carbonyl (C=O) groups is 3. The van der Waals surface area contributed by atoms with Crippen molar-refractivity contribution in [2.24, 2.45) is 16.7 Å². The Labute approximate surface area is 181 Å². The first-order valence-corrected chi connectivity index (χ1v) is 9.87. The predicted molar refractivity (Wildman–Crippen MR) is 116 cm³/mol. The lowest BCUT2D eigenvalue weighted by Gasteiger charge is -2.17. The summed E-state index contributed by atoms with van der Waals surface area (Å²) in [7, 11) is 3.98. The smallest absolute Gasteiger partial charge is 0.324 e. The molecule has 1 aliphatic rings. The molecular weight excluding hydrogens is 396 g/mol. The highest BCUT2D eigenvalue weighted by Crippen LogP contribution is 2.72. The number of allylic oxidation sites excluding steroid dienone is 1. The van der Waals surface area contributed by atoms with Gasteiger partial charge in [0.05, 0.1) is 26.7 Å². The number of Topliss-reactive ketones (excluding diaryl/α,β-unsaturated/α-hetero) is 1. The number of rotatable bonds is 7. The average Bonchev–Trinajstić information content (AvgIpc) is 3.37. The Balaban J connectivity index is 2.06. The zero-order valence-corrected chi connectivity index (χ0v) is 18.3. The average molecular weight is 422 g/mol. The van der Waals surface area contributed by atoms with Crippen LogP contribution in [-0.2, 0) is 19.1 Å². The fourth-order valence-electron chi connectivity index (χ4n) is 4.32. The van der Waals surface area contributed by atoms with Gasteiger partial charge in [0, 0.05) is 11.5 Å². The summed E-state index contributed by atoms with van der Waals surface area (Å²) < 4.78 is 15.1. The maximum absolute atomic E-state index is 13.5. The van der Waals surface area contributed by atoms with Crippen molar-refractivity contribution in [1.29, 1.82) is 0 Å². The number of aryl methyl sites for hydroxylation is 1. The number of benzene rings is 2. The van der Waals surface area contributed by atoms with Crippen LogP contribution in [0.3, 0.4) is 0 Å². The molecule has 2 atom stereocenters. The van der Waals surface area contributed by atoms with E-state index in [2.05, 4.69) is 0 Å². The summed E-state index contributed by atoms with van der Waals surface area (Å²) in [6.45, 7) is 3.53. The van der Waals surface area contributed by atoms with Crippen LogP contribution in [-0.4, -0.2) is 39.1 Å².